The number of hydrogen-bond donors (Lipinski definition) is 2. The quantitative estimate of drug-likeness (QED) is 0.708. The highest BCUT2D eigenvalue weighted by Gasteiger charge is 2.22. The van der Waals surface area contributed by atoms with Crippen molar-refractivity contribution in [1.29, 1.82) is 0 Å². The van der Waals surface area contributed by atoms with Crippen LogP contribution in [-0.4, -0.2) is 5.27 Å². The number of aromatic amines is 1. The molecule has 0 unspecified atom stereocenters. The molecule has 0 aliphatic heterocycles. The van der Waals surface area contributed by atoms with E-state index in [4.69, 9.17) is 4.52 Å². The van der Waals surface area contributed by atoms with Crippen molar-refractivity contribution in [2.45, 2.75) is 20.0 Å². The molecule has 2 heterocycles. The average Bonchev–Trinajstić information content (AvgIpc) is 3.11. The Morgan fingerprint density at radius 1 is 1.24 bits per heavy atom. The summed E-state index contributed by atoms with van der Waals surface area (Å²) in [5.41, 5.74) is 2.24. The lowest BCUT2D eigenvalue weighted by Gasteiger charge is -1.98. The SMILES string of the molecule is Cc1ccc(-[n+]2[nH]oc(=O)c2CNCc2cccs2)cc1. The molecular weight excluding hydrogens is 286 g/mol. The van der Waals surface area contributed by atoms with Crippen molar-refractivity contribution < 1.29 is 9.20 Å². The second-order valence-corrected chi connectivity index (χ2v) is 5.81. The van der Waals surface area contributed by atoms with Gasteiger partial charge in [0, 0.05) is 23.6 Å². The third kappa shape index (κ3) is 3.12. The number of aryl methyl sites for hydroxylation is 1. The van der Waals surface area contributed by atoms with Crippen molar-refractivity contribution in [3.05, 3.63) is 68.3 Å². The van der Waals surface area contributed by atoms with Crippen LogP contribution in [-0.2, 0) is 13.1 Å². The molecular formula is C15H16N3O2S+. The Labute approximate surface area is 125 Å². The van der Waals surface area contributed by atoms with E-state index in [0.29, 0.717) is 12.2 Å². The zero-order chi connectivity index (χ0) is 14.7. The van der Waals surface area contributed by atoms with Crippen molar-refractivity contribution >= 4 is 11.3 Å². The van der Waals surface area contributed by atoms with Crippen LogP contribution in [0.15, 0.2) is 51.1 Å². The topological polar surface area (TPSA) is 61.9 Å². The molecule has 0 aliphatic carbocycles. The summed E-state index contributed by atoms with van der Waals surface area (Å²) in [5.74, 6) is 0. The van der Waals surface area contributed by atoms with E-state index in [9.17, 15) is 4.79 Å². The monoisotopic (exact) mass is 302 g/mol. The van der Waals surface area contributed by atoms with E-state index in [-0.39, 0.29) is 5.63 Å². The van der Waals surface area contributed by atoms with E-state index < -0.39 is 0 Å². The molecule has 2 N–H and O–H groups in total. The number of thiophene rings is 1. The van der Waals surface area contributed by atoms with Gasteiger partial charge in [0.25, 0.3) is 0 Å². The van der Waals surface area contributed by atoms with Crippen LogP contribution in [0.25, 0.3) is 5.69 Å². The summed E-state index contributed by atoms with van der Waals surface area (Å²) in [7, 11) is 0. The van der Waals surface area contributed by atoms with Gasteiger partial charge in [-0.05, 0) is 28.3 Å². The minimum absolute atomic E-state index is 0.353. The number of aromatic nitrogens is 2. The van der Waals surface area contributed by atoms with Crippen LogP contribution >= 0.6 is 11.3 Å². The summed E-state index contributed by atoms with van der Waals surface area (Å²) < 4.78 is 6.58. The smallest absolute Gasteiger partial charge is 0.302 e. The molecule has 0 spiro atoms. The largest absolute Gasteiger partial charge is 0.431 e. The van der Waals surface area contributed by atoms with Gasteiger partial charge in [-0.2, -0.15) is 0 Å². The minimum atomic E-state index is -0.353. The second kappa shape index (κ2) is 6.07. The highest BCUT2D eigenvalue weighted by atomic mass is 32.1. The second-order valence-electron chi connectivity index (χ2n) is 4.78. The molecule has 0 fully saturated rings. The predicted octanol–water partition coefficient (Wildman–Crippen LogP) is 1.90. The summed E-state index contributed by atoms with van der Waals surface area (Å²) in [6.45, 7) is 3.20. The first-order chi connectivity index (χ1) is 10.2. The Morgan fingerprint density at radius 3 is 2.76 bits per heavy atom. The third-order valence-electron chi connectivity index (χ3n) is 3.20. The van der Waals surface area contributed by atoms with Crippen LogP contribution in [0.4, 0.5) is 0 Å². The third-order valence-corrected chi connectivity index (χ3v) is 4.08. The molecule has 0 amide bonds. The molecule has 0 atom stereocenters. The Balaban J connectivity index is 1.77. The van der Waals surface area contributed by atoms with Crippen LogP contribution in [0.1, 0.15) is 16.1 Å². The fourth-order valence-corrected chi connectivity index (χ4v) is 2.74. The first-order valence-electron chi connectivity index (χ1n) is 6.66. The summed E-state index contributed by atoms with van der Waals surface area (Å²) in [5, 5.41) is 7.94. The van der Waals surface area contributed by atoms with Gasteiger partial charge >= 0.3 is 11.3 Å². The fourth-order valence-electron chi connectivity index (χ4n) is 2.06. The lowest BCUT2D eigenvalue weighted by Crippen LogP contribution is -2.40. The van der Waals surface area contributed by atoms with E-state index in [2.05, 4.69) is 16.7 Å². The van der Waals surface area contributed by atoms with Gasteiger partial charge in [0.05, 0.1) is 6.54 Å². The first kappa shape index (κ1) is 13.8. The Hall–Kier alpha value is -2.18. The van der Waals surface area contributed by atoms with E-state index >= 15 is 0 Å². The maximum absolute atomic E-state index is 11.8. The molecule has 0 saturated heterocycles. The average molecular weight is 302 g/mol. The molecule has 0 bridgehead atoms. The summed E-state index contributed by atoms with van der Waals surface area (Å²) in [6, 6.07) is 12.0. The molecule has 0 radical (unpaired) electrons. The van der Waals surface area contributed by atoms with E-state index in [1.165, 1.54) is 10.4 Å². The molecule has 0 saturated carbocycles. The summed E-state index contributed by atoms with van der Waals surface area (Å²) >= 11 is 1.69. The van der Waals surface area contributed by atoms with Gasteiger partial charge < -0.3 is 5.32 Å². The normalized spacial score (nSPS) is 10.9. The molecule has 2 aromatic heterocycles. The molecule has 6 heteroatoms. The van der Waals surface area contributed by atoms with Crippen molar-refractivity contribution in [2.24, 2.45) is 0 Å². The minimum Gasteiger partial charge on any atom is -0.302 e. The van der Waals surface area contributed by atoms with Crippen LogP contribution in [0.3, 0.4) is 0 Å². The zero-order valence-electron chi connectivity index (χ0n) is 11.6. The van der Waals surface area contributed by atoms with Crippen molar-refractivity contribution in [1.82, 2.24) is 10.6 Å². The Bertz CT molecular complexity index is 757. The molecule has 0 aliphatic rings. The van der Waals surface area contributed by atoms with E-state index in [0.717, 1.165) is 12.2 Å². The van der Waals surface area contributed by atoms with Gasteiger partial charge in [-0.3, -0.25) is 4.52 Å². The highest BCUT2D eigenvalue weighted by Crippen LogP contribution is 2.07. The lowest BCUT2D eigenvalue weighted by molar-refractivity contribution is -0.677. The standard InChI is InChI=1S/C15H15N3O2S/c1-11-4-6-12(7-5-11)18-14(15(19)20-17-18)10-16-9-13-3-2-8-21-13/h2-8,16H,9-10H2,1H3/p+1. The van der Waals surface area contributed by atoms with Crippen molar-refractivity contribution in [3.8, 4) is 5.69 Å². The van der Waals surface area contributed by atoms with Crippen LogP contribution in [0.5, 0.6) is 0 Å². The lowest BCUT2D eigenvalue weighted by atomic mass is 10.2. The summed E-state index contributed by atoms with van der Waals surface area (Å²) in [6.07, 6.45) is 0. The van der Waals surface area contributed by atoms with Gasteiger partial charge in [0.2, 0.25) is 5.69 Å². The molecule has 3 aromatic rings. The van der Waals surface area contributed by atoms with Gasteiger partial charge in [0.1, 0.15) is 0 Å². The van der Waals surface area contributed by atoms with Crippen LogP contribution in [0.2, 0.25) is 0 Å². The number of rotatable bonds is 5. The number of hydrogen-bond acceptors (Lipinski definition) is 4. The molecule has 1 aromatic carbocycles. The maximum atomic E-state index is 11.8. The molecule has 21 heavy (non-hydrogen) atoms. The highest BCUT2D eigenvalue weighted by molar-refractivity contribution is 7.09. The maximum Gasteiger partial charge on any atom is 0.431 e. The Morgan fingerprint density at radius 2 is 2.05 bits per heavy atom. The molecule has 108 valence electrons. The first-order valence-corrected chi connectivity index (χ1v) is 7.54. The van der Waals surface area contributed by atoms with Gasteiger partial charge in [0.15, 0.2) is 0 Å². The van der Waals surface area contributed by atoms with Gasteiger partial charge in [-0.25, -0.2) is 4.79 Å². The number of nitrogens with one attached hydrogen (secondary N) is 2. The van der Waals surface area contributed by atoms with E-state index in [1.54, 1.807) is 16.0 Å². The molecule has 3 rings (SSSR count). The van der Waals surface area contributed by atoms with Crippen molar-refractivity contribution in [2.75, 3.05) is 0 Å². The van der Waals surface area contributed by atoms with E-state index in [1.807, 2.05) is 42.6 Å². The van der Waals surface area contributed by atoms with Crippen molar-refractivity contribution in [3.63, 3.8) is 0 Å². The van der Waals surface area contributed by atoms with Crippen LogP contribution in [0, 0.1) is 6.92 Å². The van der Waals surface area contributed by atoms with Crippen LogP contribution < -0.4 is 15.6 Å². The Kier molecular flexibility index (Phi) is 3.98. The van der Waals surface area contributed by atoms with Gasteiger partial charge in [-0.15, -0.1) is 11.3 Å². The number of benzene rings is 1. The fraction of sp³-hybridized carbons (Fsp3) is 0.200. The predicted molar refractivity (Wildman–Crippen MR) is 80.5 cm³/mol. The summed E-state index contributed by atoms with van der Waals surface area (Å²) in [4.78, 5) is 13.0. The number of nitrogens with zero attached hydrogens (tertiary/aromatic N) is 1. The molecule has 5 nitrogen and oxygen atoms in total. The number of H-pyrrole nitrogens is 1. The zero-order valence-corrected chi connectivity index (χ0v) is 12.4. The van der Waals surface area contributed by atoms with Gasteiger partial charge in [-0.1, -0.05) is 23.8 Å².